The summed E-state index contributed by atoms with van der Waals surface area (Å²) in [5, 5.41) is 10.1. The van der Waals surface area contributed by atoms with Crippen LogP contribution < -0.4 is 0 Å². The molecule has 23 heavy (non-hydrogen) atoms. The maximum absolute atomic E-state index is 12.1. The number of rotatable bonds is 6. The second-order valence-electron chi connectivity index (χ2n) is 7.02. The van der Waals surface area contributed by atoms with E-state index in [-0.39, 0.29) is 5.91 Å². The van der Waals surface area contributed by atoms with E-state index in [0.29, 0.717) is 19.4 Å². The van der Waals surface area contributed by atoms with Gasteiger partial charge in [-0.25, -0.2) is 0 Å². The van der Waals surface area contributed by atoms with E-state index in [1.54, 1.807) is 26.2 Å². The zero-order valence-electron chi connectivity index (χ0n) is 14.4. The van der Waals surface area contributed by atoms with Gasteiger partial charge in [-0.15, -0.1) is 0 Å². The highest BCUT2D eigenvalue weighted by Crippen LogP contribution is 2.26. The molecule has 0 aromatic heterocycles. The van der Waals surface area contributed by atoms with Crippen LogP contribution in [0, 0.1) is 0 Å². The number of allylic oxidation sites excluding steroid dienone is 1. The van der Waals surface area contributed by atoms with Gasteiger partial charge in [0.25, 0.3) is 0 Å². The van der Waals surface area contributed by atoms with Gasteiger partial charge in [-0.1, -0.05) is 35.8 Å². The van der Waals surface area contributed by atoms with Gasteiger partial charge in [-0.05, 0) is 45.9 Å². The number of carbonyl (C=O) groups is 1. The zero-order valence-corrected chi connectivity index (χ0v) is 14.4. The fourth-order valence-corrected chi connectivity index (χ4v) is 2.10. The van der Waals surface area contributed by atoms with Crippen LogP contribution in [-0.4, -0.2) is 34.6 Å². The monoisotopic (exact) mass is 314 g/mol. The van der Waals surface area contributed by atoms with Crippen molar-refractivity contribution in [1.82, 2.24) is 4.90 Å². The molecule has 0 aliphatic carbocycles. The first-order chi connectivity index (χ1) is 10.7. The van der Waals surface area contributed by atoms with Crippen LogP contribution in [-0.2, 0) is 16.0 Å². The highest BCUT2D eigenvalue weighted by atomic mass is 16.5. The lowest BCUT2D eigenvalue weighted by atomic mass is 9.79. The summed E-state index contributed by atoms with van der Waals surface area (Å²) >= 11 is 0. The van der Waals surface area contributed by atoms with Crippen LogP contribution >= 0.6 is 0 Å². The third kappa shape index (κ3) is 4.69. The van der Waals surface area contributed by atoms with Crippen molar-refractivity contribution in [3.63, 3.8) is 0 Å². The molecule has 5 heteroatoms. The molecule has 1 heterocycles. The summed E-state index contributed by atoms with van der Waals surface area (Å²) in [7, 11) is 1.67. The minimum Gasteiger partial charge on any atom is -0.427 e. The maximum Gasteiger partial charge on any atom is 0.328 e. The van der Waals surface area contributed by atoms with E-state index in [0.717, 1.165) is 11.0 Å². The molecule has 0 unspecified atom stereocenters. The standard InChI is InChI=1S/C18H25BNO3/c1-17(2,22)18(3,4)23-19-15-10-11-16(21)20(13-15)12-14-8-6-5-7-9-14/h5-9,13,22H,10-12H2,1-4H3. The largest absolute Gasteiger partial charge is 0.427 e. The third-order valence-corrected chi connectivity index (χ3v) is 4.44. The summed E-state index contributed by atoms with van der Waals surface area (Å²) in [4.78, 5) is 13.8. The van der Waals surface area contributed by atoms with Gasteiger partial charge in [0.2, 0.25) is 5.91 Å². The molecule has 1 aromatic rings. The Kier molecular flexibility index (Phi) is 5.32. The third-order valence-electron chi connectivity index (χ3n) is 4.44. The van der Waals surface area contributed by atoms with Crippen molar-refractivity contribution in [3.05, 3.63) is 47.6 Å². The summed E-state index contributed by atoms with van der Waals surface area (Å²) in [6.07, 6.45) is 2.98. The van der Waals surface area contributed by atoms with E-state index in [9.17, 15) is 9.90 Å². The van der Waals surface area contributed by atoms with Crippen molar-refractivity contribution in [2.24, 2.45) is 0 Å². The second-order valence-corrected chi connectivity index (χ2v) is 7.02. The van der Waals surface area contributed by atoms with Gasteiger partial charge in [-0.2, -0.15) is 0 Å². The van der Waals surface area contributed by atoms with Gasteiger partial charge in [0.05, 0.1) is 17.7 Å². The first kappa shape index (κ1) is 17.8. The fraction of sp³-hybridized carbons (Fsp3) is 0.500. The zero-order chi connectivity index (χ0) is 17.1. The summed E-state index contributed by atoms with van der Waals surface area (Å²) < 4.78 is 5.79. The van der Waals surface area contributed by atoms with Crippen molar-refractivity contribution in [2.45, 2.75) is 58.3 Å². The Labute approximate surface area is 139 Å². The maximum atomic E-state index is 12.1. The van der Waals surface area contributed by atoms with Gasteiger partial charge in [0, 0.05) is 6.42 Å². The lowest BCUT2D eigenvalue weighted by Gasteiger charge is -2.38. The van der Waals surface area contributed by atoms with Crippen LogP contribution in [0.5, 0.6) is 0 Å². The molecule has 0 fully saturated rings. The molecule has 123 valence electrons. The molecule has 0 saturated carbocycles. The molecule has 1 radical (unpaired) electrons. The van der Waals surface area contributed by atoms with Crippen LogP contribution in [0.1, 0.15) is 46.1 Å². The van der Waals surface area contributed by atoms with Gasteiger partial charge < -0.3 is 14.7 Å². The highest BCUT2D eigenvalue weighted by Gasteiger charge is 2.36. The molecular formula is C18H25BNO3. The molecule has 0 atom stereocenters. The van der Waals surface area contributed by atoms with Crippen molar-refractivity contribution >= 4 is 13.4 Å². The molecule has 1 aliphatic rings. The Balaban J connectivity index is 2.02. The summed E-state index contributed by atoms with van der Waals surface area (Å²) in [5.74, 6) is 0.118. The van der Waals surface area contributed by atoms with Crippen molar-refractivity contribution in [2.75, 3.05) is 0 Å². The first-order valence-corrected chi connectivity index (χ1v) is 7.96. The number of benzene rings is 1. The molecule has 0 saturated heterocycles. The Hall–Kier alpha value is -1.59. The van der Waals surface area contributed by atoms with E-state index >= 15 is 0 Å². The minimum atomic E-state index is -0.960. The molecule has 2 rings (SSSR count). The lowest BCUT2D eigenvalue weighted by molar-refractivity contribution is -0.129. The van der Waals surface area contributed by atoms with Crippen molar-refractivity contribution < 1.29 is 14.6 Å². The van der Waals surface area contributed by atoms with Crippen LogP contribution in [0.15, 0.2) is 42.0 Å². The van der Waals surface area contributed by atoms with E-state index in [2.05, 4.69) is 0 Å². The number of amides is 1. The molecule has 1 aliphatic heterocycles. The molecule has 1 N–H and O–H groups in total. The summed E-state index contributed by atoms with van der Waals surface area (Å²) in [6.45, 7) is 7.70. The van der Waals surface area contributed by atoms with Gasteiger partial charge in [-0.3, -0.25) is 4.79 Å². The molecular weight excluding hydrogens is 289 g/mol. The first-order valence-electron chi connectivity index (χ1n) is 7.96. The molecule has 4 nitrogen and oxygen atoms in total. The highest BCUT2D eigenvalue weighted by molar-refractivity contribution is 6.38. The fourth-order valence-electron chi connectivity index (χ4n) is 2.10. The SMILES string of the molecule is CC(C)(O)C(C)(C)O[B]C1=CN(Cc2ccccc2)C(=O)CC1. The van der Waals surface area contributed by atoms with Crippen molar-refractivity contribution in [3.8, 4) is 0 Å². The second kappa shape index (κ2) is 6.89. The summed E-state index contributed by atoms with van der Waals surface area (Å²) in [6, 6.07) is 9.91. The van der Waals surface area contributed by atoms with Crippen molar-refractivity contribution in [1.29, 1.82) is 0 Å². The Bertz CT molecular complexity index is 576. The lowest BCUT2D eigenvalue weighted by Crippen LogP contribution is -2.48. The molecule has 0 bridgehead atoms. The average molecular weight is 314 g/mol. The van der Waals surface area contributed by atoms with E-state index in [1.165, 1.54) is 0 Å². The predicted molar refractivity (Wildman–Crippen MR) is 91.5 cm³/mol. The number of hydrogen-bond acceptors (Lipinski definition) is 3. The molecule has 1 amide bonds. The molecule has 1 aromatic carbocycles. The van der Waals surface area contributed by atoms with E-state index in [1.807, 2.05) is 50.4 Å². The van der Waals surface area contributed by atoms with Crippen LogP contribution in [0.25, 0.3) is 0 Å². The van der Waals surface area contributed by atoms with Crippen LogP contribution in [0.4, 0.5) is 0 Å². The quantitative estimate of drug-likeness (QED) is 0.822. The smallest absolute Gasteiger partial charge is 0.328 e. The van der Waals surface area contributed by atoms with E-state index in [4.69, 9.17) is 4.65 Å². The van der Waals surface area contributed by atoms with Crippen LogP contribution in [0.2, 0.25) is 0 Å². The minimum absolute atomic E-state index is 0.118. The van der Waals surface area contributed by atoms with E-state index < -0.39 is 11.2 Å². The topological polar surface area (TPSA) is 49.8 Å². The average Bonchev–Trinajstić information content (AvgIpc) is 2.48. The number of aliphatic hydroxyl groups is 1. The van der Waals surface area contributed by atoms with Gasteiger partial charge in [0.15, 0.2) is 0 Å². The Morgan fingerprint density at radius 2 is 1.83 bits per heavy atom. The van der Waals surface area contributed by atoms with Gasteiger partial charge in [0.1, 0.15) is 0 Å². The van der Waals surface area contributed by atoms with Crippen LogP contribution in [0.3, 0.4) is 0 Å². The molecule has 0 spiro atoms. The number of nitrogens with zero attached hydrogens (tertiary/aromatic N) is 1. The Morgan fingerprint density at radius 3 is 2.43 bits per heavy atom. The summed E-state index contributed by atoms with van der Waals surface area (Å²) in [5.41, 5.74) is 0.381. The normalized spacial score (nSPS) is 16.3. The number of carbonyl (C=O) groups excluding carboxylic acids is 1. The Morgan fingerprint density at radius 1 is 1.17 bits per heavy atom. The van der Waals surface area contributed by atoms with Gasteiger partial charge >= 0.3 is 7.48 Å². The number of hydrogen-bond donors (Lipinski definition) is 1. The predicted octanol–water partition coefficient (Wildman–Crippen LogP) is 2.84.